The third kappa shape index (κ3) is 5.46. The fourth-order valence-corrected chi connectivity index (χ4v) is 3.71. The number of piperidine rings is 1. The SMILES string of the molecule is NS(=O)(=O)N1CCC(C(=O)Nc2cccc(/C=C/c3ccccn3)c2)CC1. The molecule has 142 valence electrons. The van der Waals surface area contributed by atoms with E-state index in [-0.39, 0.29) is 24.9 Å². The molecule has 1 fully saturated rings. The molecule has 1 aliphatic heterocycles. The molecule has 1 aliphatic rings. The van der Waals surface area contributed by atoms with Crippen LogP contribution in [-0.4, -0.2) is 36.7 Å². The summed E-state index contributed by atoms with van der Waals surface area (Å²) in [7, 11) is -3.68. The molecular weight excluding hydrogens is 364 g/mol. The van der Waals surface area contributed by atoms with Gasteiger partial charge in [-0.2, -0.15) is 12.7 Å². The first-order valence-corrected chi connectivity index (χ1v) is 10.2. The van der Waals surface area contributed by atoms with E-state index in [9.17, 15) is 13.2 Å². The maximum atomic E-state index is 12.5. The number of benzene rings is 1. The van der Waals surface area contributed by atoms with Crippen molar-refractivity contribution in [1.82, 2.24) is 9.29 Å². The largest absolute Gasteiger partial charge is 0.326 e. The number of pyridine rings is 1. The molecule has 0 saturated carbocycles. The molecule has 27 heavy (non-hydrogen) atoms. The Morgan fingerprint density at radius 1 is 1.15 bits per heavy atom. The summed E-state index contributed by atoms with van der Waals surface area (Å²) in [5.74, 6) is -0.328. The first kappa shape index (κ1) is 19.2. The molecule has 1 saturated heterocycles. The lowest BCUT2D eigenvalue weighted by atomic mass is 9.97. The number of anilines is 1. The van der Waals surface area contributed by atoms with E-state index in [4.69, 9.17) is 5.14 Å². The zero-order chi connectivity index (χ0) is 19.3. The molecule has 3 N–H and O–H groups in total. The molecule has 2 aromatic rings. The maximum absolute atomic E-state index is 12.5. The second-order valence-corrected chi connectivity index (χ2v) is 7.97. The van der Waals surface area contributed by atoms with Gasteiger partial charge in [-0.05, 0) is 48.7 Å². The summed E-state index contributed by atoms with van der Waals surface area (Å²) in [5, 5.41) is 8.05. The van der Waals surface area contributed by atoms with Gasteiger partial charge < -0.3 is 5.32 Å². The van der Waals surface area contributed by atoms with E-state index >= 15 is 0 Å². The number of nitrogens with one attached hydrogen (secondary N) is 1. The maximum Gasteiger partial charge on any atom is 0.276 e. The van der Waals surface area contributed by atoms with Crippen LogP contribution in [0.15, 0.2) is 48.7 Å². The van der Waals surface area contributed by atoms with E-state index in [0.717, 1.165) is 11.3 Å². The van der Waals surface area contributed by atoms with Crippen LogP contribution in [0.1, 0.15) is 24.1 Å². The Kier molecular flexibility index (Phi) is 6.00. The highest BCUT2D eigenvalue weighted by molar-refractivity contribution is 7.86. The molecule has 0 aliphatic carbocycles. The van der Waals surface area contributed by atoms with Gasteiger partial charge in [0, 0.05) is 30.9 Å². The van der Waals surface area contributed by atoms with Crippen molar-refractivity contribution in [2.24, 2.45) is 11.1 Å². The number of hydrogen-bond donors (Lipinski definition) is 2. The summed E-state index contributed by atoms with van der Waals surface area (Å²) < 4.78 is 23.9. The molecule has 3 rings (SSSR count). The van der Waals surface area contributed by atoms with Gasteiger partial charge in [0.2, 0.25) is 5.91 Å². The zero-order valence-electron chi connectivity index (χ0n) is 14.8. The van der Waals surface area contributed by atoms with Crippen LogP contribution < -0.4 is 10.5 Å². The predicted molar refractivity (Wildman–Crippen MR) is 106 cm³/mol. The van der Waals surface area contributed by atoms with Crippen molar-refractivity contribution in [1.29, 1.82) is 0 Å². The number of carbonyl (C=O) groups excluding carboxylic acids is 1. The Balaban J connectivity index is 1.60. The normalized spacial score (nSPS) is 16.5. The molecule has 1 aromatic heterocycles. The summed E-state index contributed by atoms with van der Waals surface area (Å²) >= 11 is 0. The monoisotopic (exact) mass is 386 g/mol. The zero-order valence-corrected chi connectivity index (χ0v) is 15.6. The van der Waals surface area contributed by atoms with Crippen LogP contribution in [-0.2, 0) is 15.0 Å². The summed E-state index contributed by atoms with van der Waals surface area (Å²) in [6.45, 7) is 0.535. The molecule has 0 radical (unpaired) electrons. The van der Waals surface area contributed by atoms with Crippen molar-refractivity contribution in [3.05, 3.63) is 59.9 Å². The van der Waals surface area contributed by atoms with Gasteiger partial charge in [0.05, 0.1) is 5.69 Å². The first-order chi connectivity index (χ1) is 12.9. The molecule has 0 spiro atoms. The van der Waals surface area contributed by atoms with Gasteiger partial charge in [-0.15, -0.1) is 0 Å². The van der Waals surface area contributed by atoms with Crippen LogP contribution in [0.4, 0.5) is 5.69 Å². The minimum atomic E-state index is -3.68. The van der Waals surface area contributed by atoms with Crippen molar-refractivity contribution >= 4 is 34.0 Å². The standard InChI is InChI=1S/C19H22N4O3S/c20-27(25,26)23-12-9-16(10-13-23)19(24)22-18-6-3-4-15(14-18)7-8-17-5-1-2-11-21-17/h1-8,11,14,16H,9-10,12-13H2,(H,22,24)(H2,20,25,26)/b8-7+. The van der Waals surface area contributed by atoms with Crippen molar-refractivity contribution in [3.63, 3.8) is 0 Å². The molecule has 0 bridgehead atoms. The summed E-state index contributed by atoms with van der Waals surface area (Å²) in [5.41, 5.74) is 2.51. The minimum Gasteiger partial charge on any atom is -0.326 e. The topological polar surface area (TPSA) is 105 Å². The van der Waals surface area contributed by atoms with Gasteiger partial charge in [-0.3, -0.25) is 9.78 Å². The molecule has 0 atom stereocenters. The molecule has 8 heteroatoms. The Hall–Kier alpha value is -2.55. The number of aromatic nitrogens is 1. The number of carbonyl (C=O) groups is 1. The second-order valence-electron chi connectivity index (χ2n) is 6.42. The number of hydrogen-bond acceptors (Lipinski definition) is 4. The summed E-state index contributed by atoms with van der Waals surface area (Å²) in [6.07, 6.45) is 6.49. The summed E-state index contributed by atoms with van der Waals surface area (Å²) in [6, 6.07) is 13.2. The van der Waals surface area contributed by atoms with Gasteiger partial charge in [0.15, 0.2) is 0 Å². The van der Waals surface area contributed by atoms with Crippen LogP contribution in [0.5, 0.6) is 0 Å². The van der Waals surface area contributed by atoms with Crippen molar-refractivity contribution in [2.45, 2.75) is 12.8 Å². The van der Waals surface area contributed by atoms with E-state index in [1.807, 2.05) is 54.6 Å². The van der Waals surface area contributed by atoms with Crippen molar-refractivity contribution in [3.8, 4) is 0 Å². The van der Waals surface area contributed by atoms with Crippen molar-refractivity contribution in [2.75, 3.05) is 18.4 Å². The fourth-order valence-electron chi connectivity index (χ4n) is 2.99. The lowest BCUT2D eigenvalue weighted by molar-refractivity contribution is -0.120. The van der Waals surface area contributed by atoms with E-state index in [2.05, 4.69) is 10.3 Å². The molecule has 0 unspecified atom stereocenters. The van der Waals surface area contributed by atoms with Crippen molar-refractivity contribution < 1.29 is 13.2 Å². The number of nitrogens with zero attached hydrogens (tertiary/aromatic N) is 2. The Morgan fingerprint density at radius 3 is 2.59 bits per heavy atom. The van der Waals surface area contributed by atoms with Gasteiger partial charge in [-0.1, -0.05) is 24.3 Å². The molecule has 1 aromatic carbocycles. The molecule has 1 amide bonds. The smallest absolute Gasteiger partial charge is 0.276 e. The average molecular weight is 386 g/mol. The Labute approximate surface area is 159 Å². The number of rotatable bonds is 5. The highest BCUT2D eigenvalue weighted by atomic mass is 32.2. The quantitative estimate of drug-likeness (QED) is 0.821. The van der Waals surface area contributed by atoms with E-state index in [1.54, 1.807) is 6.20 Å². The number of nitrogens with two attached hydrogens (primary N) is 1. The average Bonchev–Trinajstić information content (AvgIpc) is 2.67. The molecule has 2 heterocycles. The van der Waals surface area contributed by atoms with Crippen LogP contribution >= 0.6 is 0 Å². The third-order valence-corrected chi connectivity index (χ3v) is 5.56. The predicted octanol–water partition coefficient (Wildman–Crippen LogP) is 2.11. The van der Waals surface area contributed by atoms with Crippen LogP contribution in [0, 0.1) is 5.92 Å². The lowest BCUT2D eigenvalue weighted by Gasteiger charge is -2.29. The summed E-state index contributed by atoms with van der Waals surface area (Å²) in [4.78, 5) is 16.7. The van der Waals surface area contributed by atoms with Gasteiger partial charge in [0.25, 0.3) is 10.2 Å². The van der Waals surface area contributed by atoms with E-state index < -0.39 is 10.2 Å². The lowest BCUT2D eigenvalue weighted by Crippen LogP contribution is -2.44. The highest BCUT2D eigenvalue weighted by Crippen LogP contribution is 2.21. The first-order valence-electron chi connectivity index (χ1n) is 8.70. The van der Waals surface area contributed by atoms with E-state index in [0.29, 0.717) is 18.5 Å². The fraction of sp³-hybridized carbons (Fsp3) is 0.263. The highest BCUT2D eigenvalue weighted by Gasteiger charge is 2.29. The molecular formula is C19H22N4O3S. The molecule has 7 nitrogen and oxygen atoms in total. The minimum absolute atomic E-state index is 0.102. The Bertz CT molecular complexity index is 921. The van der Waals surface area contributed by atoms with Gasteiger partial charge >= 0.3 is 0 Å². The second kappa shape index (κ2) is 8.43. The third-order valence-electron chi connectivity index (χ3n) is 4.47. The van der Waals surface area contributed by atoms with Crippen LogP contribution in [0.2, 0.25) is 0 Å². The van der Waals surface area contributed by atoms with Crippen LogP contribution in [0.3, 0.4) is 0 Å². The van der Waals surface area contributed by atoms with Crippen LogP contribution in [0.25, 0.3) is 12.2 Å². The van der Waals surface area contributed by atoms with Gasteiger partial charge in [-0.25, -0.2) is 5.14 Å². The number of amides is 1. The Morgan fingerprint density at radius 2 is 1.93 bits per heavy atom. The van der Waals surface area contributed by atoms with E-state index in [1.165, 1.54) is 4.31 Å². The van der Waals surface area contributed by atoms with Gasteiger partial charge in [0.1, 0.15) is 0 Å².